The summed E-state index contributed by atoms with van der Waals surface area (Å²) in [5.74, 6) is -0.311. The Labute approximate surface area is 127 Å². The molecule has 4 nitrogen and oxygen atoms in total. The molecule has 3 aromatic heterocycles. The Morgan fingerprint density at radius 3 is 2.77 bits per heavy atom. The minimum atomic E-state index is -0.311. The van der Waals surface area contributed by atoms with Gasteiger partial charge in [-0.3, -0.25) is 4.40 Å². The van der Waals surface area contributed by atoms with Crippen molar-refractivity contribution in [2.45, 2.75) is 6.92 Å². The van der Waals surface area contributed by atoms with E-state index >= 15 is 0 Å². The van der Waals surface area contributed by atoms with Crippen LogP contribution < -0.4 is 0 Å². The second kappa shape index (κ2) is 4.56. The van der Waals surface area contributed by atoms with Gasteiger partial charge < -0.3 is 4.74 Å². The highest BCUT2D eigenvalue weighted by Gasteiger charge is 2.19. The fourth-order valence-corrected chi connectivity index (χ4v) is 3.13. The molecule has 0 radical (unpaired) electrons. The monoisotopic (exact) mass is 290 g/mol. The average Bonchev–Trinajstić information content (AvgIpc) is 2.95. The van der Waals surface area contributed by atoms with Gasteiger partial charge in [0.25, 0.3) is 0 Å². The maximum absolute atomic E-state index is 12.3. The molecule has 0 saturated heterocycles. The van der Waals surface area contributed by atoms with Crippen molar-refractivity contribution in [1.29, 1.82) is 0 Å². The number of carbonyl (C=O) groups is 1. The third kappa shape index (κ3) is 1.58. The molecule has 0 aliphatic heterocycles. The molecule has 22 heavy (non-hydrogen) atoms. The molecular weight excluding hydrogens is 276 g/mol. The number of methoxy groups -OCH3 is 1. The number of fused-ring (bicyclic) bond motifs is 5. The van der Waals surface area contributed by atoms with Crippen molar-refractivity contribution in [3.05, 3.63) is 59.8 Å². The van der Waals surface area contributed by atoms with Gasteiger partial charge in [0.15, 0.2) is 0 Å². The molecule has 3 heterocycles. The van der Waals surface area contributed by atoms with Gasteiger partial charge in [-0.1, -0.05) is 18.2 Å². The van der Waals surface area contributed by atoms with Crippen molar-refractivity contribution in [3.8, 4) is 0 Å². The van der Waals surface area contributed by atoms with Crippen LogP contribution >= 0.6 is 0 Å². The number of para-hydroxylation sites is 1. The zero-order valence-corrected chi connectivity index (χ0v) is 12.3. The van der Waals surface area contributed by atoms with Gasteiger partial charge in [0, 0.05) is 17.0 Å². The van der Waals surface area contributed by atoms with E-state index in [0.29, 0.717) is 5.56 Å². The summed E-state index contributed by atoms with van der Waals surface area (Å²) in [4.78, 5) is 16.8. The summed E-state index contributed by atoms with van der Waals surface area (Å²) in [7, 11) is 1.41. The lowest BCUT2D eigenvalue weighted by molar-refractivity contribution is 0.0602. The normalized spacial score (nSPS) is 11.4. The highest BCUT2D eigenvalue weighted by atomic mass is 16.5. The summed E-state index contributed by atoms with van der Waals surface area (Å²) in [5, 5.41) is 1.93. The van der Waals surface area contributed by atoms with Crippen LogP contribution in [0.5, 0.6) is 0 Å². The molecule has 1 aromatic carbocycles. The Bertz CT molecular complexity index is 1050. The summed E-state index contributed by atoms with van der Waals surface area (Å²) in [6.07, 6.45) is 1.78. The second-order valence-corrected chi connectivity index (χ2v) is 5.29. The maximum Gasteiger partial charge on any atom is 0.338 e. The topological polar surface area (TPSA) is 43.6 Å². The molecule has 0 aliphatic carbocycles. The van der Waals surface area contributed by atoms with Crippen molar-refractivity contribution >= 4 is 33.4 Å². The Morgan fingerprint density at radius 1 is 1.14 bits per heavy atom. The average molecular weight is 290 g/mol. The minimum absolute atomic E-state index is 0.311. The Kier molecular flexibility index (Phi) is 2.66. The van der Waals surface area contributed by atoms with Gasteiger partial charge in [-0.2, -0.15) is 0 Å². The molecule has 0 fully saturated rings. The summed E-state index contributed by atoms with van der Waals surface area (Å²) < 4.78 is 7.09. The van der Waals surface area contributed by atoms with E-state index in [1.54, 1.807) is 6.20 Å². The summed E-state index contributed by atoms with van der Waals surface area (Å²) in [5.41, 5.74) is 4.36. The van der Waals surface area contributed by atoms with E-state index in [1.807, 2.05) is 43.3 Å². The van der Waals surface area contributed by atoms with E-state index in [4.69, 9.17) is 4.74 Å². The van der Waals surface area contributed by atoms with Gasteiger partial charge in [0.2, 0.25) is 0 Å². The van der Waals surface area contributed by atoms with E-state index in [1.165, 1.54) is 7.11 Å². The standard InChI is InChI=1S/C18H14N2O2/c1-11-15-10-12-6-5-9-19-17(12)20(15)14-8-4-3-7-13(14)16(11)18(21)22-2/h3-10H,1-2H3. The molecule has 0 saturated carbocycles. The summed E-state index contributed by atoms with van der Waals surface area (Å²) in [6.45, 7) is 1.95. The van der Waals surface area contributed by atoms with Gasteiger partial charge in [-0.25, -0.2) is 9.78 Å². The Balaban J connectivity index is 2.33. The van der Waals surface area contributed by atoms with E-state index in [0.717, 1.165) is 33.0 Å². The van der Waals surface area contributed by atoms with Crippen LogP contribution in [0.3, 0.4) is 0 Å². The first-order chi connectivity index (χ1) is 10.7. The number of carbonyl (C=O) groups excluding carboxylic acids is 1. The summed E-state index contributed by atoms with van der Waals surface area (Å²) >= 11 is 0. The first-order valence-electron chi connectivity index (χ1n) is 7.08. The number of pyridine rings is 2. The van der Waals surface area contributed by atoms with Crippen LogP contribution in [0.1, 0.15) is 15.9 Å². The predicted octanol–water partition coefficient (Wildman–Crippen LogP) is 3.74. The number of rotatable bonds is 1. The minimum Gasteiger partial charge on any atom is -0.465 e. The predicted molar refractivity (Wildman–Crippen MR) is 86.3 cm³/mol. The van der Waals surface area contributed by atoms with Gasteiger partial charge in [-0.05, 0) is 36.8 Å². The Hall–Kier alpha value is -2.88. The van der Waals surface area contributed by atoms with Crippen molar-refractivity contribution < 1.29 is 9.53 Å². The van der Waals surface area contributed by atoms with Crippen LogP contribution in [-0.4, -0.2) is 22.5 Å². The molecule has 0 bridgehead atoms. The zero-order valence-electron chi connectivity index (χ0n) is 12.3. The summed E-state index contributed by atoms with van der Waals surface area (Å²) in [6, 6.07) is 13.9. The van der Waals surface area contributed by atoms with E-state index in [2.05, 4.69) is 15.5 Å². The van der Waals surface area contributed by atoms with Crippen LogP contribution in [0.25, 0.3) is 27.5 Å². The molecule has 0 atom stereocenters. The lowest BCUT2D eigenvalue weighted by Crippen LogP contribution is -2.07. The van der Waals surface area contributed by atoms with E-state index in [9.17, 15) is 4.79 Å². The van der Waals surface area contributed by atoms with Crippen molar-refractivity contribution in [2.75, 3.05) is 7.11 Å². The molecule has 0 aliphatic rings. The molecule has 108 valence electrons. The van der Waals surface area contributed by atoms with Crippen LogP contribution in [0.4, 0.5) is 0 Å². The van der Waals surface area contributed by atoms with Crippen molar-refractivity contribution in [1.82, 2.24) is 9.38 Å². The molecule has 0 spiro atoms. The fraction of sp³-hybridized carbons (Fsp3) is 0.111. The zero-order chi connectivity index (χ0) is 15.3. The number of aryl methyl sites for hydroxylation is 1. The van der Waals surface area contributed by atoms with Crippen molar-refractivity contribution in [3.63, 3.8) is 0 Å². The molecule has 0 N–H and O–H groups in total. The maximum atomic E-state index is 12.3. The van der Waals surface area contributed by atoms with Crippen molar-refractivity contribution in [2.24, 2.45) is 0 Å². The molecule has 0 amide bonds. The van der Waals surface area contributed by atoms with Gasteiger partial charge in [0.1, 0.15) is 5.65 Å². The molecule has 4 rings (SSSR count). The first-order valence-corrected chi connectivity index (χ1v) is 7.08. The number of nitrogens with zero attached hydrogens (tertiary/aromatic N) is 2. The van der Waals surface area contributed by atoms with Crippen LogP contribution in [-0.2, 0) is 4.74 Å². The Morgan fingerprint density at radius 2 is 1.95 bits per heavy atom. The van der Waals surface area contributed by atoms with Crippen LogP contribution in [0.2, 0.25) is 0 Å². The van der Waals surface area contributed by atoms with Crippen LogP contribution in [0.15, 0.2) is 48.7 Å². The second-order valence-electron chi connectivity index (χ2n) is 5.29. The third-order valence-corrected chi connectivity index (χ3v) is 4.12. The quantitative estimate of drug-likeness (QED) is 0.502. The SMILES string of the molecule is COC(=O)c1c(C)c2cc3cccnc3n2c2ccccc12. The highest BCUT2D eigenvalue weighted by Crippen LogP contribution is 2.31. The molecule has 0 unspecified atom stereocenters. The fourth-order valence-electron chi connectivity index (χ4n) is 3.13. The largest absolute Gasteiger partial charge is 0.465 e. The number of esters is 1. The van der Waals surface area contributed by atoms with Gasteiger partial charge in [-0.15, -0.1) is 0 Å². The third-order valence-electron chi connectivity index (χ3n) is 4.12. The smallest absolute Gasteiger partial charge is 0.338 e. The highest BCUT2D eigenvalue weighted by molar-refractivity contribution is 6.09. The number of benzene rings is 1. The van der Waals surface area contributed by atoms with E-state index < -0.39 is 0 Å². The van der Waals surface area contributed by atoms with Gasteiger partial charge >= 0.3 is 5.97 Å². The molecule has 4 aromatic rings. The van der Waals surface area contributed by atoms with Gasteiger partial charge in [0.05, 0.1) is 23.7 Å². The lowest BCUT2D eigenvalue weighted by Gasteiger charge is -2.12. The number of hydrogen-bond donors (Lipinski definition) is 0. The number of aromatic nitrogens is 2. The lowest BCUT2D eigenvalue weighted by atomic mass is 10.0. The van der Waals surface area contributed by atoms with E-state index in [-0.39, 0.29) is 5.97 Å². The number of ether oxygens (including phenoxy) is 1. The molecule has 4 heteroatoms. The molecular formula is C18H14N2O2. The first kappa shape index (κ1) is 12.8. The van der Waals surface area contributed by atoms with Crippen LogP contribution in [0, 0.1) is 6.92 Å². The number of hydrogen-bond acceptors (Lipinski definition) is 3.